The Balaban J connectivity index is 2.32. The van der Waals surface area contributed by atoms with Crippen molar-refractivity contribution < 1.29 is 13.5 Å². The van der Waals surface area contributed by atoms with E-state index in [0.29, 0.717) is 31.1 Å². The van der Waals surface area contributed by atoms with Crippen molar-refractivity contribution >= 4 is 11.9 Å². The molecule has 1 saturated heterocycles. The molecule has 0 aromatic carbocycles. The molecule has 170 valence electrons. The minimum Gasteiger partial charge on any atom is -0.356 e. The van der Waals surface area contributed by atoms with Crippen LogP contribution in [-0.2, 0) is 4.74 Å². The number of aromatic nitrogens is 2. The highest BCUT2D eigenvalue weighted by Gasteiger charge is 2.23. The fourth-order valence-electron chi connectivity index (χ4n) is 3.09. The topological polar surface area (TPSA) is 70.3 Å². The van der Waals surface area contributed by atoms with E-state index in [1.54, 1.807) is 17.1 Å². The summed E-state index contributed by atoms with van der Waals surface area (Å²) in [5.74, 6) is 0. The second kappa shape index (κ2) is 12.7. The van der Waals surface area contributed by atoms with Gasteiger partial charge >= 0.3 is 0 Å². The molecule has 2 rings (SSSR count). The molecule has 2 heterocycles. The Kier molecular flexibility index (Phi) is 10.3. The van der Waals surface area contributed by atoms with Crippen LogP contribution in [0.5, 0.6) is 0 Å². The fraction of sp³-hybridized carbons (Fsp3) is 0.750. The number of rotatable bonds is 12. The van der Waals surface area contributed by atoms with Crippen molar-refractivity contribution in [1.29, 1.82) is 0 Å². The molecule has 0 aliphatic carbocycles. The van der Waals surface area contributed by atoms with Gasteiger partial charge in [0.15, 0.2) is 6.23 Å². The van der Waals surface area contributed by atoms with Crippen LogP contribution in [0.15, 0.2) is 22.4 Å². The quantitative estimate of drug-likeness (QED) is 0.410. The molecule has 0 bridgehead atoms. The van der Waals surface area contributed by atoms with Crippen molar-refractivity contribution in [2.24, 2.45) is 10.1 Å². The zero-order valence-corrected chi connectivity index (χ0v) is 18.5. The third kappa shape index (κ3) is 7.41. The van der Waals surface area contributed by atoms with Crippen molar-refractivity contribution in [2.75, 3.05) is 39.8 Å². The summed E-state index contributed by atoms with van der Waals surface area (Å²) in [4.78, 5) is 4.32. The average Bonchev–Trinajstić information content (AvgIpc) is 3.24. The maximum Gasteiger partial charge on any atom is 0.257 e. The third-order valence-corrected chi connectivity index (χ3v) is 4.96. The smallest absolute Gasteiger partial charge is 0.257 e. The van der Waals surface area contributed by atoms with Crippen LogP contribution in [0.3, 0.4) is 0 Å². The number of halogens is 2. The van der Waals surface area contributed by atoms with Gasteiger partial charge in [-0.05, 0) is 39.2 Å². The summed E-state index contributed by atoms with van der Waals surface area (Å²) in [5.41, 5.74) is 4.42. The lowest BCUT2D eigenvalue weighted by atomic mass is 10.2. The van der Waals surface area contributed by atoms with Crippen LogP contribution in [0.4, 0.5) is 8.78 Å². The molecule has 1 N–H and O–H groups in total. The highest BCUT2D eigenvalue weighted by Crippen LogP contribution is 2.23. The second-order valence-electron chi connectivity index (χ2n) is 7.33. The first-order chi connectivity index (χ1) is 14.5. The van der Waals surface area contributed by atoms with Gasteiger partial charge in [-0.25, -0.2) is 18.5 Å². The number of hydrazone groups is 1. The van der Waals surface area contributed by atoms with Crippen molar-refractivity contribution in [3.63, 3.8) is 0 Å². The maximum atomic E-state index is 13.3. The summed E-state index contributed by atoms with van der Waals surface area (Å²) in [6, 6.07) is 1.58. The predicted molar refractivity (Wildman–Crippen MR) is 115 cm³/mol. The lowest BCUT2D eigenvalue weighted by Gasteiger charge is -2.29. The van der Waals surface area contributed by atoms with Crippen molar-refractivity contribution in [3.05, 3.63) is 18.0 Å². The Morgan fingerprint density at radius 2 is 2.23 bits per heavy atom. The lowest BCUT2D eigenvalue weighted by molar-refractivity contribution is -0.0397. The Bertz CT molecular complexity index is 674. The summed E-state index contributed by atoms with van der Waals surface area (Å²) in [6.45, 7) is 7.89. The monoisotopic (exact) mass is 427 g/mol. The van der Waals surface area contributed by atoms with Gasteiger partial charge in [0, 0.05) is 39.5 Å². The van der Waals surface area contributed by atoms with Gasteiger partial charge in [0.25, 0.3) is 6.43 Å². The van der Waals surface area contributed by atoms with Crippen molar-refractivity contribution in [1.82, 2.24) is 25.2 Å². The van der Waals surface area contributed by atoms with E-state index in [2.05, 4.69) is 20.6 Å². The van der Waals surface area contributed by atoms with Crippen LogP contribution >= 0.6 is 0 Å². The highest BCUT2D eigenvalue weighted by atomic mass is 19.3. The van der Waals surface area contributed by atoms with E-state index >= 15 is 0 Å². The first kappa shape index (κ1) is 24.4. The molecule has 0 amide bonds. The van der Waals surface area contributed by atoms with Crippen LogP contribution in [0.25, 0.3) is 0 Å². The normalized spacial score (nSPS) is 19.2. The second-order valence-corrected chi connectivity index (χ2v) is 7.33. The summed E-state index contributed by atoms with van der Waals surface area (Å²) in [7, 11) is 1.91. The van der Waals surface area contributed by atoms with Gasteiger partial charge < -0.3 is 4.74 Å². The molecule has 1 aromatic rings. The number of alkyl halides is 2. The maximum absolute atomic E-state index is 13.3. The van der Waals surface area contributed by atoms with E-state index in [0.717, 1.165) is 25.8 Å². The van der Waals surface area contributed by atoms with Crippen LogP contribution in [0.2, 0.25) is 0 Å². The fourth-order valence-corrected chi connectivity index (χ4v) is 3.09. The summed E-state index contributed by atoms with van der Waals surface area (Å²) >= 11 is 0. The Morgan fingerprint density at radius 3 is 2.87 bits per heavy atom. The van der Waals surface area contributed by atoms with Crippen molar-refractivity contribution in [2.45, 2.75) is 58.7 Å². The van der Waals surface area contributed by atoms with Crippen molar-refractivity contribution in [3.8, 4) is 0 Å². The predicted octanol–water partition coefficient (Wildman–Crippen LogP) is 2.79. The van der Waals surface area contributed by atoms with Gasteiger partial charge in [-0.3, -0.25) is 15.4 Å². The molecule has 10 heteroatoms. The van der Waals surface area contributed by atoms with Crippen LogP contribution in [-0.4, -0.2) is 84.0 Å². The lowest BCUT2D eigenvalue weighted by Crippen LogP contribution is -2.45. The van der Waals surface area contributed by atoms with E-state index in [9.17, 15) is 8.78 Å². The first-order valence-corrected chi connectivity index (χ1v) is 10.7. The summed E-state index contributed by atoms with van der Waals surface area (Å²) < 4.78 is 34.3. The molecular formula is C20H35F2N7O. The first-order valence-electron chi connectivity index (χ1n) is 10.7. The highest BCUT2D eigenvalue weighted by molar-refractivity contribution is 6.37. The molecule has 0 saturated carbocycles. The number of hydrazine groups is 1. The molecule has 1 fully saturated rings. The zero-order valence-electron chi connectivity index (χ0n) is 18.5. The largest absolute Gasteiger partial charge is 0.356 e. The Hall–Kier alpha value is -1.91. The van der Waals surface area contributed by atoms with Gasteiger partial charge in [0.05, 0.1) is 24.5 Å². The van der Waals surface area contributed by atoms with E-state index in [-0.39, 0.29) is 12.3 Å². The van der Waals surface area contributed by atoms with Gasteiger partial charge in [-0.2, -0.15) is 10.2 Å². The average molecular weight is 428 g/mol. The van der Waals surface area contributed by atoms with Crippen LogP contribution < -0.4 is 5.43 Å². The number of hydrogen-bond acceptors (Lipinski definition) is 7. The Labute approximate surface area is 177 Å². The molecule has 1 aromatic heterocycles. The zero-order chi connectivity index (χ0) is 21.9. The number of nitrogens with zero attached hydrogens (tertiary/aromatic N) is 6. The molecule has 0 spiro atoms. The molecular weight excluding hydrogens is 392 g/mol. The summed E-state index contributed by atoms with van der Waals surface area (Å²) in [5, 5.41) is 12.4. The minimum atomic E-state index is -2.50. The molecule has 1 aliphatic heterocycles. The van der Waals surface area contributed by atoms with Gasteiger partial charge in [0.1, 0.15) is 5.71 Å². The third-order valence-electron chi connectivity index (χ3n) is 4.96. The molecule has 1 aliphatic rings. The minimum absolute atomic E-state index is 0.176. The van der Waals surface area contributed by atoms with Gasteiger partial charge in [-0.15, -0.1) is 0 Å². The molecule has 0 radical (unpaired) electrons. The standard InChI is InChI=1S/C20H35F2N7O/c1-5-23-14-17(18-10-11-24-29(18)20-9-7-8-12-30-20)26-28(15-19(21)22)16(3)13-25-27(4)6-2/h10-11,14,16,19-20,25H,5-9,12-13,15H2,1-4H3/b23-14+,26-17+. The SMILES string of the molecule is CC/N=C/C(=N\N(CC(F)F)C(C)CNN(C)CC)c1ccnn1C1CCCCO1. The molecule has 2 unspecified atom stereocenters. The van der Waals surface area contributed by atoms with Crippen LogP contribution in [0, 0.1) is 0 Å². The summed E-state index contributed by atoms with van der Waals surface area (Å²) in [6.07, 6.45) is 3.58. The number of nitrogens with one attached hydrogen (secondary N) is 1. The number of ether oxygens (including phenoxy) is 1. The Morgan fingerprint density at radius 1 is 1.43 bits per heavy atom. The molecule has 8 nitrogen and oxygen atoms in total. The van der Waals surface area contributed by atoms with Gasteiger partial charge in [-0.1, -0.05) is 6.92 Å². The van der Waals surface area contributed by atoms with Gasteiger partial charge in [0.2, 0.25) is 0 Å². The van der Waals surface area contributed by atoms with E-state index in [1.807, 2.05) is 38.9 Å². The van der Waals surface area contributed by atoms with E-state index in [1.165, 1.54) is 5.01 Å². The molecule has 2 atom stereocenters. The number of aliphatic imine (C=N–C) groups is 1. The van der Waals surface area contributed by atoms with E-state index in [4.69, 9.17) is 4.74 Å². The van der Waals surface area contributed by atoms with Crippen LogP contribution in [0.1, 0.15) is 52.0 Å². The molecule has 30 heavy (non-hydrogen) atoms. The number of hydrogen-bond donors (Lipinski definition) is 1. The van der Waals surface area contributed by atoms with E-state index < -0.39 is 13.0 Å².